The van der Waals surface area contributed by atoms with Crippen LogP contribution in [0.1, 0.15) is 30.9 Å². The zero-order chi connectivity index (χ0) is 12.7. The SMILES string of the molecule is Cc1ccnc2c1nc(N)n2C1C2C3CCC(C3)C21. The van der Waals surface area contributed by atoms with Crippen LogP contribution in [0.15, 0.2) is 12.3 Å². The van der Waals surface area contributed by atoms with Crippen molar-refractivity contribution in [3.05, 3.63) is 17.8 Å². The number of nitrogen functional groups attached to an aromatic ring is 1. The Balaban J connectivity index is 1.67. The molecular weight excluding hydrogens is 236 g/mol. The molecule has 2 aromatic rings. The van der Waals surface area contributed by atoms with Gasteiger partial charge >= 0.3 is 0 Å². The summed E-state index contributed by atoms with van der Waals surface area (Å²) in [5.74, 6) is 4.28. The maximum atomic E-state index is 6.19. The number of aromatic nitrogens is 3. The number of nitrogens with two attached hydrogens (primary N) is 1. The molecule has 2 bridgehead atoms. The number of anilines is 1. The molecule has 3 aliphatic carbocycles. The number of pyridine rings is 1. The molecule has 4 atom stereocenters. The summed E-state index contributed by atoms with van der Waals surface area (Å²) in [6.45, 7) is 2.08. The summed E-state index contributed by atoms with van der Waals surface area (Å²) in [4.78, 5) is 9.09. The maximum Gasteiger partial charge on any atom is 0.202 e. The van der Waals surface area contributed by atoms with Crippen molar-refractivity contribution in [2.45, 2.75) is 32.2 Å². The van der Waals surface area contributed by atoms with Crippen molar-refractivity contribution in [1.82, 2.24) is 14.5 Å². The molecule has 0 saturated heterocycles. The first-order chi connectivity index (χ1) is 9.25. The van der Waals surface area contributed by atoms with Gasteiger partial charge in [0.1, 0.15) is 5.52 Å². The van der Waals surface area contributed by atoms with Gasteiger partial charge in [-0.1, -0.05) is 0 Å². The number of imidazole rings is 1. The molecule has 2 N–H and O–H groups in total. The minimum absolute atomic E-state index is 0.588. The number of hydrogen-bond acceptors (Lipinski definition) is 3. The van der Waals surface area contributed by atoms with E-state index in [2.05, 4.69) is 21.5 Å². The van der Waals surface area contributed by atoms with E-state index in [9.17, 15) is 0 Å². The van der Waals surface area contributed by atoms with Gasteiger partial charge in [0.25, 0.3) is 0 Å². The highest BCUT2D eigenvalue weighted by Crippen LogP contribution is 2.72. The van der Waals surface area contributed by atoms with Crippen molar-refractivity contribution < 1.29 is 0 Å². The molecule has 19 heavy (non-hydrogen) atoms. The highest BCUT2D eigenvalue weighted by molar-refractivity contribution is 5.78. The molecule has 3 aliphatic rings. The Labute approximate surface area is 112 Å². The molecule has 3 saturated carbocycles. The van der Waals surface area contributed by atoms with Crippen molar-refractivity contribution in [3.63, 3.8) is 0 Å². The molecule has 3 fully saturated rings. The first-order valence-electron chi connectivity index (χ1n) is 7.34. The van der Waals surface area contributed by atoms with E-state index in [4.69, 9.17) is 5.73 Å². The van der Waals surface area contributed by atoms with Crippen molar-refractivity contribution >= 4 is 17.1 Å². The van der Waals surface area contributed by atoms with Crippen molar-refractivity contribution in [2.75, 3.05) is 5.73 Å². The second-order valence-electron chi connectivity index (χ2n) is 6.62. The quantitative estimate of drug-likeness (QED) is 0.850. The van der Waals surface area contributed by atoms with Gasteiger partial charge in [-0.25, -0.2) is 9.97 Å². The monoisotopic (exact) mass is 254 g/mol. The highest BCUT2D eigenvalue weighted by Gasteiger charge is 2.66. The lowest BCUT2D eigenvalue weighted by Crippen LogP contribution is -2.08. The number of rotatable bonds is 1. The van der Waals surface area contributed by atoms with E-state index < -0.39 is 0 Å². The summed E-state index contributed by atoms with van der Waals surface area (Å²) in [6, 6.07) is 2.60. The zero-order valence-electron chi connectivity index (χ0n) is 11.1. The first kappa shape index (κ1) is 10.2. The Hall–Kier alpha value is -1.58. The molecule has 0 radical (unpaired) electrons. The molecule has 2 aromatic heterocycles. The van der Waals surface area contributed by atoms with Crippen LogP contribution in [0.3, 0.4) is 0 Å². The van der Waals surface area contributed by atoms with Gasteiger partial charge in [-0.3, -0.25) is 4.57 Å². The topological polar surface area (TPSA) is 56.7 Å². The molecule has 4 unspecified atom stereocenters. The summed E-state index contributed by atoms with van der Waals surface area (Å²) < 4.78 is 2.24. The summed E-state index contributed by atoms with van der Waals surface area (Å²) in [6.07, 6.45) is 6.20. The van der Waals surface area contributed by atoms with E-state index in [0.717, 1.165) is 34.8 Å². The molecule has 4 nitrogen and oxygen atoms in total. The minimum Gasteiger partial charge on any atom is -0.369 e. The average molecular weight is 254 g/mol. The zero-order valence-corrected chi connectivity index (χ0v) is 11.1. The maximum absolute atomic E-state index is 6.19. The van der Waals surface area contributed by atoms with E-state index in [0.29, 0.717) is 12.0 Å². The van der Waals surface area contributed by atoms with Gasteiger partial charge in [-0.2, -0.15) is 0 Å². The molecule has 0 amide bonds. The molecule has 4 heteroatoms. The van der Waals surface area contributed by atoms with Crippen LogP contribution in [-0.4, -0.2) is 14.5 Å². The second kappa shape index (κ2) is 3.11. The molecule has 2 heterocycles. The third-order valence-corrected chi connectivity index (χ3v) is 5.80. The molecule has 0 aliphatic heterocycles. The van der Waals surface area contributed by atoms with Crippen LogP contribution >= 0.6 is 0 Å². The fourth-order valence-corrected chi connectivity index (χ4v) is 5.05. The predicted octanol–water partition coefficient (Wildman–Crippen LogP) is 2.54. The standard InChI is InChI=1S/C15H18N4/c1-7-4-5-17-14-12(7)18-15(16)19(14)13-10-8-2-3-9(6-8)11(10)13/h4-5,8-11,13H,2-3,6H2,1H3,(H2,16,18). The summed E-state index contributed by atoms with van der Waals surface area (Å²) in [7, 11) is 0. The van der Waals surface area contributed by atoms with E-state index in [1.165, 1.54) is 24.8 Å². The van der Waals surface area contributed by atoms with E-state index in [-0.39, 0.29) is 0 Å². The summed E-state index contributed by atoms with van der Waals surface area (Å²) in [5, 5.41) is 0. The molecular formula is C15H18N4. The van der Waals surface area contributed by atoms with E-state index in [1.54, 1.807) is 0 Å². The van der Waals surface area contributed by atoms with Crippen LogP contribution in [0.25, 0.3) is 11.2 Å². The highest BCUT2D eigenvalue weighted by atomic mass is 15.2. The molecule has 0 aromatic carbocycles. The Bertz CT molecular complexity index is 673. The van der Waals surface area contributed by atoms with Crippen LogP contribution in [0.2, 0.25) is 0 Å². The third-order valence-electron chi connectivity index (χ3n) is 5.80. The Morgan fingerprint density at radius 2 is 2.00 bits per heavy atom. The fourth-order valence-electron chi connectivity index (χ4n) is 5.05. The van der Waals surface area contributed by atoms with Gasteiger partial charge < -0.3 is 5.73 Å². The normalized spacial score (nSPS) is 38.9. The Morgan fingerprint density at radius 3 is 2.74 bits per heavy atom. The van der Waals surface area contributed by atoms with Gasteiger partial charge in [0.05, 0.1) is 0 Å². The third kappa shape index (κ3) is 1.11. The Morgan fingerprint density at radius 1 is 1.26 bits per heavy atom. The van der Waals surface area contributed by atoms with Crippen LogP contribution in [0.4, 0.5) is 5.95 Å². The lowest BCUT2D eigenvalue weighted by molar-refractivity contribution is 0.456. The first-order valence-corrected chi connectivity index (χ1v) is 7.34. The van der Waals surface area contributed by atoms with Crippen LogP contribution < -0.4 is 5.73 Å². The van der Waals surface area contributed by atoms with Gasteiger partial charge in [0.15, 0.2) is 5.65 Å². The largest absolute Gasteiger partial charge is 0.369 e. The average Bonchev–Trinajstić information content (AvgIpc) is 2.76. The molecule has 0 spiro atoms. The van der Waals surface area contributed by atoms with Gasteiger partial charge in [0, 0.05) is 12.2 Å². The molecule has 5 rings (SSSR count). The van der Waals surface area contributed by atoms with Crippen LogP contribution in [-0.2, 0) is 0 Å². The van der Waals surface area contributed by atoms with Gasteiger partial charge in [0.2, 0.25) is 5.95 Å². The summed E-state index contributed by atoms with van der Waals surface area (Å²) in [5.41, 5.74) is 9.34. The molecule has 98 valence electrons. The van der Waals surface area contributed by atoms with E-state index in [1.807, 2.05) is 12.3 Å². The van der Waals surface area contributed by atoms with Crippen LogP contribution in [0.5, 0.6) is 0 Å². The smallest absolute Gasteiger partial charge is 0.202 e. The predicted molar refractivity (Wildman–Crippen MR) is 73.5 cm³/mol. The number of fused-ring (bicyclic) bond motifs is 6. The van der Waals surface area contributed by atoms with Crippen molar-refractivity contribution in [2.24, 2.45) is 23.7 Å². The minimum atomic E-state index is 0.588. The van der Waals surface area contributed by atoms with Gasteiger partial charge in [-0.15, -0.1) is 0 Å². The lowest BCUT2D eigenvalue weighted by Gasteiger charge is -2.11. The fraction of sp³-hybridized carbons (Fsp3) is 0.600. The van der Waals surface area contributed by atoms with E-state index >= 15 is 0 Å². The Kier molecular flexibility index (Phi) is 1.68. The second-order valence-corrected chi connectivity index (χ2v) is 6.62. The summed E-state index contributed by atoms with van der Waals surface area (Å²) >= 11 is 0. The number of nitrogens with zero attached hydrogens (tertiary/aromatic N) is 3. The van der Waals surface area contributed by atoms with Crippen molar-refractivity contribution in [3.8, 4) is 0 Å². The lowest BCUT2D eigenvalue weighted by atomic mass is 10.0. The van der Waals surface area contributed by atoms with Gasteiger partial charge in [-0.05, 0) is 61.5 Å². The number of aryl methyl sites for hydroxylation is 1. The van der Waals surface area contributed by atoms with Crippen molar-refractivity contribution in [1.29, 1.82) is 0 Å². The number of hydrogen-bond donors (Lipinski definition) is 1. The van der Waals surface area contributed by atoms with Crippen LogP contribution in [0, 0.1) is 30.6 Å².